The van der Waals surface area contributed by atoms with Gasteiger partial charge in [0.05, 0.1) is 17.2 Å². The second-order valence-electron chi connectivity index (χ2n) is 7.55. The first-order chi connectivity index (χ1) is 15.4. The van der Waals surface area contributed by atoms with Crippen LogP contribution in [0.25, 0.3) is 11.3 Å². The highest BCUT2D eigenvalue weighted by Crippen LogP contribution is 2.32. The first-order valence-electron chi connectivity index (χ1n) is 10.5. The fourth-order valence-electron chi connectivity index (χ4n) is 3.18. The number of hydrogen-bond acceptors (Lipinski definition) is 6. The van der Waals surface area contributed by atoms with Crippen LogP contribution in [-0.4, -0.2) is 32.0 Å². The number of para-hydroxylation sites is 1. The van der Waals surface area contributed by atoms with Crippen molar-refractivity contribution in [2.45, 2.75) is 43.5 Å². The second kappa shape index (κ2) is 9.81. The van der Waals surface area contributed by atoms with Gasteiger partial charge in [-0.3, -0.25) is 4.79 Å². The van der Waals surface area contributed by atoms with Crippen LogP contribution in [0.1, 0.15) is 31.7 Å². The molecule has 1 aliphatic rings. The molecular formula is C23H25N3O4S2. The van der Waals surface area contributed by atoms with Gasteiger partial charge in [0.1, 0.15) is 5.75 Å². The van der Waals surface area contributed by atoms with Crippen LogP contribution in [0.3, 0.4) is 0 Å². The van der Waals surface area contributed by atoms with Crippen molar-refractivity contribution < 1.29 is 17.9 Å². The Labute approximate surface area is 191 Å². The van der Waals surface area contributed by atoms with Gasteiger partial charge >= 0.3 is 0 Å². The number of ether oxygens (including phenoxy) is 1. The molecule has 2 aromatic carbocycles. The number of amides is 1. The van der Waals surface area contributed by atoms with E-state index in [1.54, 1.807) is 24.3 Å². The molecule has 1 saturated carbocycles. The average Bonchev–Trinajstić information content (AvgIpc) is 3.47. The molecule has 32 heavy (non-hydrogen) atoms. The Kier molecular flexibility index (Phi) is 6.88. The maximum Gasteiger partial charge on any atom is 0.240 e. The van der Waals surface area contributed by atoms with Crippen molar-refractivity contribution in [2.75, 3.05) is 11.9 Å². The first kappa shape index (κ1) is 22.4. The van der Waals surface area contributed by atoms with E-state index in [9.17, 15) is 13.2 Å². The van der Waals surface area contributed by atoms with Crippen LogP contribution in [-0.2, 0) is 21.2 Å². The van der Waals surface area contributed by atoms with Gasteiger partial charge in [-0.1, -0.05) is 24.3 Å². The molecule has 4 rings (SSSR count). The molecule has 0 radical (unpaired) electrons. The number of nitrogens with zero attached hydrogens (tertiary/aromatic N) is 1. The van der Waals surface area contributed by atoms with Crippen molar-refractivity contribution in [3.8, 4) is 17.0 Å². The zero-order chi connectivity index (χ0) is 22.6. The smallest absolute Gasteiger partial charge is 0.240 e. The molecule has 0 spiro atoms. The predicted octanol–water partition coefficient (Wildman–Crippen LogP) is 4.22. The summed E-state index contributed by atoms with van der Waals surface area (Å²) in [6.07, 6.45) is 2.57. The Morgan fingerprint density at radius 3 is 2.62 bits per heavy atom. The molecule has 0 atom stereocenters. The van der Waals surface area contributed by atoms with Crippen LogP contribution < -0.4 is 14.8 Å². The first-order valence-corrected chi connectivity index (χ1v) is 12.9. The maximum atomic E-state index is 12.4. The Morgan fingerprint density at radius 2 is 1.91 bits per heavy atom. The van der Waals surface area contributed by atoms with E-state index in [0.29, 0.717) is 18.2 Å². The summed E-state index contributed by atoms with van der Waals surface area (Å²) in [5.74, 6) is 0.618. The van der Waals surface area contributed by atoms with Gasteiger partial charge in [0, 0.05) is 23.4 Å². The summed E-state index contributed by atoms with van der Waals surface area (Å²) >= 11 is 1.36. The van der Waals surface area contributed by atoms with Crippen LogP contribution in [0, 0.1) is 0 Å². The number of carbonyl (C=O) groups is 1. The lowest BCUT2D eigenvalue weighted by molar-refractivity contribution is -0.116. The van der Waals surface area contributed by atoms with Gasteiger partial charge in [0.2, 0.25) is 15.9 Å². The summed E-state index contributed by atoms with van der Waals surface area (Å²) in [4.78, 5) is 17.1. The highest BCUT2D eigenvalue weighted by Gasteiger charge is 2.27. The van der Waals surface area contributed by atoms with Crippen molar-refractivity contribution in [1.29, 1.82) is 0 Å². The van der Waals surface area contributed by atoms with Gasteiger partial charge in [-0.2, -0.15) is 0 Å². The molecule has 1 heterocycles. The summed E-state index contributed by atoms with van der Waals surface area (Å²) < 4.78 is 32.8. The Hall–Kier alpha value is -2.75. The highest BCUT2D eigenvalue weighted by atomic mass is 32.2. The SMILES string of the molecule is CCOc1ccccc1-c1csc(NC(=O)CCc2ccc(S(=O)(=O)NC3CC3)cc2)n1. The van der Waals surface area contributed by atoms with E-state index in [4.69, 9.17) is 4.74 Å². The van der Waals surface area contributed by atoms with Crippen LogP contribution in [0.2, 0.25) is 0 Å². The van der Waals surface area contributed by atoms with Crippen molar-refractivity contribution in [2.24, 2.45) is 0 Å². The molecule has 1 amide bonds. The quantitative estimate of drug-likeness (QED) is 0.461. The monoisotopic (exact) mass is 471 g/mol. The number of benzene rings is 2. The molecule has 7 nitrogen and oxygen atoms in total. The van der Waals surface area contributed by atoms with E-state index in [-0.39, 0.29) is 23.3 Å². The third-order valence-corrected chi connectivity index (χ3v) is 7.28. The number of thiazole rings is 1. The summed E-state index contributed by atoms with van der Waals surface area (Å²) in [5, 5.41) is 5.26. The summed E-state index contributed by atoms with van der Waals surface area (Å²) in [7, 11) is -3.46. The number of hydrogen-bond donors (Lipinski definition) is 2. The van der Waals surface area contributed by atoms with Crippen molar-refractivity contribution in [3.05, 3.63) is 59.5 Å². The lowest BCUT2D eigenvalue weighted by atomic mass is 10.1. The van der Waals surface area contributed by atoms with Gasteiger partial charge in [-0.15, -0.1) is 11.3 Å². The summed E-state index contributed by atoms with van der Waals surface area (Å²) in [6.45, 7) is 2.50. The summed E-state index contributed by atoms with van der Waals surface area (Å²) in [6, 6.07) is 14.4. The third-order valence-electron chi connectivity index (χ3n) is 4.99. The van der Waals surface area contributed by atoms with Crippen molar-refractivity contribution in [3.63, 3.8) is 0 Å². The standard InChI is InChI=1S/C23H25N3O4S2/c1-2-30-21-6-4-3-5-19(21)20-15-31-23(24-20)25-22(27)14-9-16-7-12-18(13-8-16)32(28,29)26-17-10-11-17/h3-8,12-13,15,17,26H,2,9-11,14H2,1H3,(H,24,25,27). The molecule has 0 bridgehead atoms. The molecule has 1 fully saturated rings. The molecule has 9 heteroatoms. The number of aryl methyl sites for hydroxylation is 1. The lowest BCUT2D eigenvalue weighted by Gasteiger charge is -2.07. The number of sulfonamides is 1. The number of carbonyl (C=O) groups excluding carboxylic acids is 1. The Bertz CT molecular complexity index is 1190. The van der Waals surface area contributed by atoms with Gasteiger partial charge in [-0.05, 0) is 56.0 Å². The minimum atomic E-state index is -3.46. The zero-order valence-electron chi connectivity index (χ0n) is 17.7. The minimum absolute atomic E-state index is 0.0717. The van der Waals surface area contributed by atoms with E-state index in [1.165, 1.54) is 11.3 Å². The Balaban J connectivity index is 1.32. The lowest BCUT2D eigenvalue weighted by Crippen LogP contribution is -2.25. The van der Waals surface area contributed by atoms with E-state index >= 15 is 0 Å². The van der Waals surface area contributed by atoms with Gasteiger partial charge in [0.15, 0.2) is 5.13 Å². The fourth-order valence-corrected chi connectivity index (χ4v) is 5.21. The van der Waals surface area contributed by atoms with Crippen molar-refractivity contribution >= 4 is 32.4 Å². The fraction of sp³-hybridized carbons (Fsp3) is 0.304. The third kappa shape index (κ3) is 5.73. The minimum Gasteiger partial charge on any atom is -0.493 e. The molecule has 1 aliphatic carbocycles. The topological polar surface area (TPSA) is 97.4 Å². The zero-order valence-corrected chi connectivity index (χ0v) is 19.3. The number of aromatic nitrogens is 1. The van der Waals surface area contributed by atoms with E-state index in [0.717, 1.165) is 35.4 Å². The highest BCUT2D eigenvalue weighted by molar-refractivity contribution is 7.89. The van der Waals surface area contributed by atoms with Crippen molar-refractivity contribution in [1.82, 2.24) is 9.71 Å². The number of nitrogens with one attached hydrogen (secondary N) is 2. The molecule has 0 unspecified atom stereocenters. The van der Waals surface area contributed by atoms with Crippen LogP contribution in [0.4, 0.5) is 5.13 Å². The molecule has 0 saturated heterocycles. The van der Waals surface area contributed by atoms with E-state index in [1.807, 2.05) is 36.6 Å². The van der Waals surface area contributed by atoms with Crippen LogP contribution in [0.15, 0.2) is 58.8 Å². The molecule has 3 aromatic rings. The maximum absolute atomic E-state index is 12.4. The van der Waals surface area contributed by atoms with Gasteiger partial charge < -0.3 is 10.1 Å². The molecule has 2 N–H and O–H groups in total. The largest absolute Gasteiger partial charge is 0.493 e. The van der Waals surface area contributed by atoms with E-state index < -0.39 is 10.0 Å². The number of anilines is 1. The average molecular weight is 472 g/mol. The van der Waals surface area contributed by atoms with Crippen LogP contribution >= 0.6 is 11.3 Å². The summed E-state index contributed by atoms with van der Waals surface area (Å²) in [5.41, 5.74) is 2.54. The van der Waals surface area contributed by atoms with Crippen LogP contribution in [0.5, 0.6) is 5.75 Å². The van der Waals surface area contributed by atoms with Gasteiger partial charge in [0.25, 0.3) is 0 Å². The predicted molar refractivity (Wildman–Crippen MR) is 125 cm³/mol. The number of rotatable bonds is 10. The second-order valence-corrected chi connectivity index (χ2v) is 10.1. The molecular weight excluding hydrogens is 446 g/mol. The Morgan fingerprint density at radius 1 is 1.16 bits per heavy atom. The van der Waals surface area contributed by atoms with E-state index in [2.05, 4.69) is 15.0 Å². The normalized spacial score (nSPS) is 13.7. The molecule has 0 aliphatic heterocycles. The van der Waals surface area contributed by atoms with Gasteiger partial charge in [-0.25, -0.2) is 18.1 Å². The molecule has 168 valence electrons. The molecule has 1 aromatic heterocycles.